The number of methoxy groups -OCH3 is 1. The first-order valence-electron chi connectivity index (χ1n) is 4.78. The van der Waals surface area contributed by atoms with E-state index < -0.39 is 5.97 Å². The van der Waals surface area contributed by atoms with Crippen molar-refractivity contribution in [1.29, 1.82) is 0 Å². The van der Waals surface area contributed by atoms with Crippen molar-refractivity contribution in [2.75, 3.05) is 18.6 Å². The van der Waals surface area contributed by atoms with E-state index in [0.29, 0.717) is 11.3 Å². The maximum atomic E-state index is 11.2. The van der Waals surface area contributed by atoms with Gasteiger partial charge in [0.05, 0.1) is 18.4 Å². The first-order valence-corrected chi connectivity index (χ1v) is 4.78. The van der Waals surface area contributed by atoms with E-state index in [0.717, 1.165) is 0 Å². The Morgan fingerprint density at radius 1 is 1.29 bits per heavy atom. The van der Waals surface area contributed by atoms with Crippen molar-refractivity contribution in [3.05, 3.63) is 29.8 Å². The number of nitrogen functional groups attached to an aromatic ring is 2. The van der Waals surface area contributed by atoms with Crippen LogP contribution in [0.4, 0.5) is 11.9 Å². The minimum atomic E-state index is -0.400. The van der Waals surface area contributed by atoms with Gasteiger partial charge in [-0.25, -0.2) is 4.79 Å². The zero-order valence-electron chi connectivity index (χ0n) is 9.12. The quantitative estimate of drug-likeness (QED) is 0.718. The molecular formula is C10H11N5O2. The highest BCUT2D eigenvalue weighted by atomic mass is 16.5. The number of hydrogen-bond acceptors (Lipinski definition) is 6. The Labute approximate surface area is 97.0 Å². The van der Waals surface area contributed by atoms with Gasteiger partial charge in [-0.1, -0.05) is 0 Å². The van der Waals surface area contributed by atoms with E-state index in [2.05, 4.69) is 14.8 Å². The summed E-state index contributed by atoms with van der Waals surface area (Å²) in [6.45, 7) is 0. The molecule has 0 aliphatic heterocycles. The number of nitrogens with zero attached hydrogens (tertiary/aromatic N) is 3. The topological polar surface area (TPSA) is 109 Å². The lowest BCUT2D eigenvalue weighted by Crippen LogP contribution is -2.04. The summed E-state index contributed by atoms with van der Waals surface area (Å²) >= 11 is 0. The largest absolute Gasteiger partial charge is 0.465 e. The third kappa shape index (κ3) is 2.03. The molecule has 17 heavy (non-hydrogen) atoms. The van der Waals surface area contributed by atoms with Gasteiger partial charge in [0.2, 0.25) is 11.9 Å². The normalized spacial score (nSPS) is 10.2. The maximum absolute atomic E-state index is 11.2. The Kier molecular flexibility index (Phi) is 2.65. The van der Waals surface area contributed by atoms with Crippen LogP contribution in [0.3, 0.4) is 0 Å². The predicted octanol–water partition coefficient (Wildman–Crippen LogP) is 0.218. The molecule has 0 aliphatic rings. The molecule has 0 fully saturated rings. The van der Waals surface area contributed by atoms with Crippen LogP contribution in [0.2, 0.25) is 0 Å². The van der Waals surface area contributed by atoms with Crippen molar-refractivity contribution in [2.45, 2.75) is 0 Å². The molecular weight excluding hydrogens is 222 g/mol. The van der Waals surface area contributed by atoms with Gasteiger partial charge in [0.15, 0.2) is 0 Å². The predicted molar refractivity (Wildman–Crippen MR) is 61.5 cm³/mol. The molecule has 0 amide bonds. The van der Waals surface area contributed by atoms with Gasteiger partial charge in [0.1, 0.15) is 0 Å². The van der Waals surface area contributed by atoms with Crippen molar-refractivity contribution in [2.24, 2.45) is 0 Å². The second-order valence-corrected chi connectivity index (χ2v) is 3.28. The summed E-state index contributed by atoms with van der Waals surface area (Å²) in [5, 5.41) is 3.92. The summed E-state index contributed by atoms with van der Waals surface area (Å²) in [4.78, 5) is 15.0. The first-order chi connectivity index (χ1) is 8.11. The zero-order valence-corrected chi connectivity index (χ0v) is 9.12. The molecule has 1 aromatic carbocycles. The van der Waals surface area contributed by atoms with E-state index in [4.69, 9.17) is 11.5 Å². The van der Waals surface area contributed by atoms with Crippen LogP contribution in [0.1, 0.15) is 10.4 Å². The molecule has 0 radical (unpaired) electrons. The average molecular weight is 233 g/mol. The van der Waals surface area contributed by atoms with E-state index in [1.54, 1.807) is 24.3 Å². The smallest absolute Gasteiger partial charge is 0.337 e. The van der Waals surface area contributed by atoms with Crippen molar-refractivity contribution in [3.63, 3.8) is 0 Å². The molecule has 2 rings (SSSR count). The summed E-state index contributed by atoms with van der Waals surface area (Å²) in [5.41, 5.74) is 12.1. The van der Waals surface area contributed by atoms with Crippen molar-refractivity contribution < 1.29 is 9.53 Å². The number of carbonyl (C=O) groups is 1. The molecule has 1 heterocycles. The number of carbonyl (C=O) groups excluding carboxylic acids is 1. The Morgan fingerprint density at radius 3 is 2.41 bits per heavy atom. The van der Waals surface area contributed by atoms with E-state index >= 15 is 0 Å². The Hall–Kier alpha value is -2.57. The molecule has 0 atom stereocenters. The third-order valence-electron chi connectivity index (χ3n) is 2.18. The first kappa shape index (κ1) is 10.9. The van der Waals surface area contributed by atoms with Crippen LogP contribution < -0.4 is 11.5 Å². The summed E-state index contributed by atoms with van der Waals surface area (Å²) in [6, 6.07) is 6.57. The van der Waals surface area contributed by atoms with Gasteiger partial charge in [-0.15, -0.1) is 5.10 Å². The van der Waals surface area contributed by atoms with Gasteiger partial charge >= 0.3 is 5.97 Å². The monoisotopic (exact) mass is 233 g/mol. The van der Waals surface area contributed by atoms with Gasteiger partial charge < -0.3 is 16.2 Å². The highest BCUT2D eigenvalue weighted by Crippen LogP contribution is 2.13. The van der Waals surface area contributed by atoms with E-state index in [1.165, 1.54) is 11.8 Å². The second kappa shape index (κ2) is 4.12. The van der Waals surface area contributed by atoms with Crippen LogP contribution in [0.15, 0.2) is 24.3 Å². The van der Waals surface area contributed by atoms with Gasteiger partial charge in [0.25, 0.3) is 0 Å². The lowest BCUT2D eigenvalue weighted by atomic mass is 10.2. The molecule has 0 aliphatic carbocycles. The molecule has 0 spiro atoms. The number of aromatic nitrogens is 3. The highest BCUT2D eigenvalue weighted by Gasteiger charge is 2.08. The number of hydrogen-bond donors (Lipinski definition) is 2. The van der Waals surface area contributed by atoms with Crippen LogP contribution in [0.5, 0.6) is 0 Å². The summed E-state index contributed by atoms with van der Waals surface area (Å²) in [5.74, 6) is -0.115. The Balaban J connectivity index is 2.35. The molecule has 1 aromatic heterocycles. The SMILES string of the molecule is COC(=O)c1ccc(-n2nc(N)nc2N)cc1. The van der Waals surface area contributed by atoms with Crippen LogP contribution in [0.25, 0.3) is 5.69 Å². The van der Waals surface area contributed by atoms with E-state index in [-0.39, 0.29) is 11.9 Å². The minimum Gasteiger partial charge on any atom is -0.465 e. The molecule has 7 nitrogen and oxygen atoms in total. The van der Waals surface area contributed by atoms with Crippen LogP contribution >= 0.6 is 0 Å². The van der Waals surface area contributed by atoms with Crippen molar-refractivity contribution in [1.82, 2.24) is 14.8 Å². The highest BCUT2D eigenvalue weighted by molar-refractivity contribution is 5.89. The fourth-order valence-electron chi connectivity index (χ4n) is 1.39. The van der Waals surface area contributed by atoms with Gasteiger partial charge in [-0.2, -0.15) is 9.67 Å². The number of nitrogens with two attached hydrogens (primary N) is 2. The lowest BCUT2D eigenvalue weighted by Gasteiger charge is -2.03. The molecule has 0 unspecified atom stereocenters. The Morgan fingerprint density at radius 2 is 1.94 bits per heavy atom. The number of ether oxygens (including phenoxy) is 1. The van der Waals surface area contributed by atoms with Crippen LogP contribution in [-0.4, -0.2) is 27.8 Å². The molecule has 88 valence electrons. The van der Waals surface area contributed by atoms with Crippen LogP contribution in [-0.2, 0) is 4.74 Å². The van der Waals surface area contributed by atoms with Gasteiger partial charge in [0, 0.05) is 0 Å². The molecule has 0 saturated carbocycles. The summed E-state index contributed by atoms with van der Waals surface area (Å²) in [7, 11) is 1.33. The number of rotatable bonds is 2. The fourth-order valence-corrected chi connectivity index (χ4v) is 1.39. The lowest BCUT2D eigenvalue weighted by molar-refractivity contribution is 0.0601. The molecule has 2 aromatic rings. The number of anilines is 2. The minimum absolute atomic E-state index is 0.0968. The molecule has 0 saturated heterocycles. The van der Waals surface area contributed by atoms with Gasteiger partial charge in [-0.05, 0) is 24.3 Å². The van der Waals surface area contributed by atoms with Crippen molar-refractivity contribution in [3.8, 4) is 5.69 Å². The van der Waals surface area contributed by atoms with E-state index in [1.807, 2.05) is 0 Å². The molecule has 7 heteroatoms. The Bertz CT molecular complexity index is 546. The fraction of sp³-hybridized carbons (Fsp3) is 0.100. The second-order valence-electron chi connectivity index (χ2n) is 3.28. The van der Waals surface area contributed by atoms with Gasteiger partial charge in [-0.3, -0.25) is 0 Å². The third-order valence-corrected chi connectivity index (χ3v) is 2.18. The maximum Gasteiger partial charge on any atom is 0.337 e. The number of esters is 1. The molecule has 0 bridgehead atoms. The summed E-state index contributed by atoms with van der Waals surface area (Å²) < 4.78 is 5.98. The summed E-state index contributed by atoms with van der Waals surface area (Å²) in [6.07, 6.45) is 0. The standard InChI is InChI=1S/C10H11N5O2/c1-17-8(16)6-2-4-7(5-3-6)15-10(12)13-9(11)14-15/h2-5H,1H3,(H4,11,12,13,14). The van der Waals surface area contributed by atoms with E-state index in [9.17, 15) is 4.79 Å². The van der Waals surface area contributed by atoms with Crippen molar-refractivity contribution >= 4 is 17.9 Å². The molecule has 4 N–H and O–H groups in total. The van der Waals surface area contributed by atoms with Crippen LogP contribution in [0, 0.1) is 0 Å². The average Bonchev–Trinajstić information content (AvgIpc) is 2.68. The zero-order chi connectivity index (χ0) is 12.4. The number of benzene rings is 1.